The van der Waals surface area contributed by atoms with E-state index in [1.54, 1.807) is 24.3 Å². The summed E-state index contributed by atoms with van der Waals surface area (Å²) in [6.45, 7) is 0.0764. The van der Waals surface area contributed by atoms with Gasteiger partial charge in [-0.25, -0.2) is 23.7 Å². The highest BCUT2D eigenvalue weighted by molar-refractivity contribution is 6.02. The third kappa shape index (κ3) is 2.61. The van der Waals surface area contributed by atoms with E-state index in [0.29, 0.717) is 17.2 Å². The van der Waals surface area contributed by atoms with Crippen molar-refractivity contribution in [3.05, 3.63) is 64.5 Å². The second-order valence-corrected chi connectivity index (χ2v) is 6.24. The van der Waals surface area contributed by atoms with Crippen LogP contribution in [0.2, 0.25) is 0 Å². The Morgan fingerprint density at radius 3 is 2.72 bits per heavy atom. The first kappa shape index (κ1) is 16.9. The molecule has 1 aliphatic heterocycles. The summed E-state index contributed by atoms with van der Waals surface area (Å²) in [7, 11) is 0. The van der Waals surface area contributed by atoms with Gasteiger partial charge >= 0.3 is 5.69 Å². The molecule has 9 nitrogen and oxygen atoms in total. The molecule has 0 spiro atoms. The molecule has 3 heterocycles. The van der Waals surface area contributed by atoms with E-state index in [-0.39, 0.29) is 35.0 Å². The minimum atomic E-state index is -0.880. The van der Waals surface area contributed by atoms with Crippen molar-refractivity contribution in [2.24, 2.45) is 5.73 Å². The molecule has 0 atom stereocenters. The summed E-state index contributed by atoms with van der Waals surface area (Å²) >= 11 is 0. The van der Waals surface area contributed by atoms with Crippen molar-refractivity contribution in [2.45, 2.75) is 0 Å². The van der Waals surface area contributed by atoms with Gasteiger partial charge in [0.2, 0.25) is 6.79 Å². The van der Waals surface area contributed by atoms with Crippen molar-refractivity contribution in [2.75, 3.05) is 6.79 Å². The third-order valence-corrected chi connectivity index (χ3v) is 4.50. The van der Waals surface area contributed by atoms with Crippen LogP contribution in [0.15, 0.2) is 47.3 Å². The van der Waals surface area contributed by atoms with Crippen LogP contribution in [0.1, 0.15) is 10.5 Å². The summed E-state index contributed by atoms with van der Waals surface area (Å²) < 4.78 is 26.2. The van der Waals surface area contributed by atoms with Gasteiger partial charge in [0.25, 0.3) is 5.91 Å². The van der Waals surface area contributed by atoms with Crippen LogP contribution in [0.4, 0.5) is 4.39 Å². The fourth-order valence-corrected chi connectivity index (χ4v) is 3.19. The van der Waals surface area contributed by atoms with E-state index in [1.165, 1.54) is 22.8 Å². The molecule has 29 heavy (non-hydrogen) atoms. The van der Waals surface area contributed by atoms with Gasteiger partial charge in [0.05, 0.1) is 11.3 Å². The Morgan fingerprint density at radius 2 is 1.93 bits per heavy atom. The highest BCUT2D eigenvalue weighted by Gasteiger charge is 2.22. The lowest BCUT2D eigenvalue weighted by Crippen LogP contribution is -2.15. The van der Waals surface area contributed by atoms with Crippen molar-refractivity contribution in [1.29, 1.82) is 0 Å². The summed E-state index contributed by atoms with van der Waals surface area (Å²) in [6, 6.07) is 10.7. The maximum atomic E-state index is 14.3. The van der Waals surface area contributed by atoms with Crippen LogP contribution in [-0.4, -0.2) is 32.2 Å². The van der Waals surface area contributed by atoms with Crippen LogP contribution in [0, 0.1) is 5.82 Å². The van der Waals surface area contributed by atoms with E-state index in [2.05, 4.69) is 15.0 Å². The van der Waals surface area contributed by atoms with E-state index in [4.69, 9.17) is 15.2 Å². The Bertz CT molecular complexity index is 1360. The Morgan fingerprint density at radius 1 is 1.14 bits per heavy atom. The minimum Gasteiger partial charge on any atom is -0.454 e. The summed E-state index contributed by atoms with van der Waals surface area (Å²) in [6.07, 6.45) is 0. The molecule has 0 fully saturated rings. The number of aromatic nitrogens is 4. The van der Waals surface area contributed by atoms with Gasteiger partial charge in [-0.1, -0.05) is 12.1 Å². The summed E-state index contributed by atoms with van der Waals surface area (Å²) in [5.74, 6) is -0.523. The molecule has 0 saturated carbocycles. The van der Waals surface area contributed by atoms with Crippen molar-refractivity contribution < 1.29 is 18.7 Å². The zero-order valence-electron chi connectivity index (χ0n) is 14.7. The molecule has 4 aromatic rings. The van der Waals surface area contributed by atoms with Crippen LogP contribution >= 0.6 is 0 Å². The minimum absolute atomic E-state index is 0.0558. The predicted molar refractivity (Wildman–Crippen MR) is 99.5 cm³/mol. The molecular formula is C19H12FN5O4. The topological polar surface area (TPSA) is 125 Å². The number of amides is 1. The molecule has 0 saturated heterocycles. The quantitative estimate of drug-likeness (QED) is 0.546. The largest absolute Gasteiger partial charge is 0.454 e. The molecule has 1 aliphatic rings. The van der Waals surface area contributed by atoms with Crippen molar-refractivity contribution in [3.63, 3.8) is 0 Å². The number of nitrogens with two attached hydrogens (primary N) is 1. The third-order valence-electron chi connectivity index (χ3n) is 4.50. The molecule has 144 valence electrons. The smallest absolute Gasteiger partial charge is 0.332 e. The van der Waals surface area contributed by atoms with Gasteiger partial charge < -0.3 is 20.2 Å². The molecule has 5 rings (SSSR count). The average molecular weight is 393 g/mol. The number of rotatable bonds is 3. The number of benzene rings is 2. The first-order chi connectivity index (χ1) is 14.0. The molecule has 0 aliphatic carbocycles. The molecule has 1 amide bonds. The Hall–Kier alpha value is -4.21. The van der Waals surface area contributed by atoms with Crippen LogP contribution in [0.3, 0.4) is 0 Å². The monoisotopic (exact) mass is 393 g/mol. The van der Waals surface area contributed by atoms with Gasteiger partial charge in [-0.2, -0.15) is 0 Å². The molecule has 0 bridgehead atoms. The second kappa shape index (κ2) is 6.16. The summed E-state index contributed by atoms with van der Waals surface area (Å²) in [5.41, 5.74) is 5.28. The number of hydrogen-bond donors (Lipinski definition) is 2. The molecular weight excluding hydrogens is 381 g/mol. The number of ether oxygens (including phenoxy) is 2. The number of carbonyl (C=O) groups excluding carboxylic acids is 1. The number of nitrogens with one attached hydrogen (secondary N) is 1. The van der Waals surface area contributed by atoms with Gasteiger partial charge in [-0.3, -0.25) is 4.79 Å². The zero-order valence-corrected chi connectivity index (χ0v) is 14.7. The number of fused-ring (bicyclic) bond motifs is 2. The maximum absolute atomic E-state index is 14.3. The highest BCUT2D eigenvalue weighted by Crippen LogP contribution is 2.34. The highest BCUT2D eigenvalue weighted by atomic mass is 19.1. The first-order valence-corrected chi connectivity index (χ1v) is 8.50. The zero-order chi connectivity index (χ0) is 20.1. The van der Waals surface area contributed by atoms with Crippen LogP contribution in [-0.2, 0) is 0 Å². The summed E-state index contributed by atoms with van der Waals surface area (Å²) in [5, 5.41) is 0. The van der Waals surface area contributed by atoms with Crippen LogP contribution < -0.4 is 20.9 Å². The number of primary amides is 1. The van der Waals surface area contributed by atoms with Gasteiger partial charge in [0.1, 0.15) is 11.3 Å². The van der Waals surface area contributed by atoms with Crippen molar-refractivity contribution in [1.82, 2.24) is 19.5 Å². The Balaban J connectivity index is 1.82. The number of hydrogen-bond acceptors (Lipinski definition) is 6. The lowest BCUT2D eigenvalue weighted by atomic mass is 10.2. The van der Waals surface area contributed by atoms with E-state index < -0.39 is 17.4 Å². The van der Waals surface area contributed by atoms with Crippen molar-refractivity contribution in [3.8, 4) is 28.6 Å². The second-order valence-electron chi connectivity index (χ2n) is 6.24. The fourth-order valence-electron chi connectivity index (χ4n) is 3.19. The maximum Gasteiger partial charge on any atom is 0.332 e. The molecule has 0 radical (unpaired) electrons. The first-order valence-electron chi connectivity index (χ1n) is 8.50. The Labute approximate surface area is 161 Å². The van der Waals surface area contributed by atoms with E-state index in [0.717, 1.165) is 0 Å². The number of H-pyrrole nitrogens is 1. The number of carbonyl (C=O) groups is 1. The SMILES string of the molecule is NC(=O)c1nc(-c2ccccc2F)nc2c1[nH]c(=O)n2-c1ccc2c(c1)OCO2. The van der Waals surface area contributed by atoms with Gasteiger partial charge in [0.15, 0.2) is 28.7 Å². The number of nitrogens with zero attached hydrogens (tertiary/aromatic N) is 3. The number of imidazole rings is 1. The van der Waals surface area contributed by atoms with Crippen LogP contribution in [0.25, 0.3) is 28.2 Å². The molecule has 10 heteroatoms. The average Bonchev–Trinajstić information content (AvgIpc) is 3.30. The fraction of sp³-hybridized carbons (Fsp3) is 0.0526. The standard InChI is InChI=1S/C19H12FN5O4/c20-11-4-2-1-3-10(11)17-22-14(16(21)26)15-18(24-17)25(19(27)23-15)9-5-6-12-13(7-9)29-8-28-12/h1-7H,8H2,(H2,21,26)(H,23,27). The normalized spacial score (nSPS) is 12.4. The lowest BCUT2D eigenvalue weighted by molar-refractivity contribution is 0.0997. The molecule has 2 aromatic carbocycles. The van der Waals surface area contributed by atoms with Gasteiger partial charge in [0, 0.05) is 6.07 Å². The number of halogens is 1. The van der Waals surface area contributed by atoms with E-state index >= 15 is 0 Å². The molecule has 0 unspecified atom stereocenters. The number of aromatic amines is 1. The Kier molecular flexibility index (Phi) is 3.60. The van der Waals surface area contributed by atoms with Crippen molar-refractivity contribution >= 4 is 17.1 Å². The molecule has 2 aromatic heterocycles. The predicted octanol–water partition coefficient (Wildman–Crippen LogP) is 1.74. The van der Waals surface area contributed by atoms with Gasteiger partial charge in [-0.05, 0) is 24.3 Å². The lowest BCUT2D eigenvalue weighted by Gasteiger charge is -2.07. The summed E-state index contributed by atoms with van der Waals surface area (Å²) in [4.78, 5) is 35.6. The van der Waals surface area contributed by atoms with E-state index in [1.807, 2.05) is 0 Å². The molecule has 3 N–H and O–H groups in total. The van der Waals surface area contributed by atoms with E-state index in [9.17, 15) is 14.0 Å². The van der Waals surface area contributed by atoms with Gasteiger partial charge in [-0.15, -0.1) is 0 Å². The van der Waals surface area contributed by atoms with Crippen LogP contribution in [0.5, 0.6) is 11.5 Å².